The van der Waals surface area contributed by atoms with Gasteiger partial charge in [-0.2, -0.15) is 0 Å². The van der Waals surface area contributed by atoms with Crippen LogP contribution in [0, 0.1) is 5.41 Å². The summed E-state index contributed by atoms with van der Waals surface area (Å²) in [5.41, 5.74) is 0.0235. The van der Waals surface area contributed by atoms with E-state index in [1.807, 2.05) is 26.8 Å². The summed E-state index contributed by atoms with van der Waals surface area (Å²) in [5, 5.41) is 0. The summed E-state index contributed by atoms with van der Waals surface area (Å²) < 4.78 is 10.1. The summed E-state index contributed by atoms with van der Waals surface area (Å²) in [4.78, 5) is 25.2. The van der Waals surface area contributed by atoms with Crippen LogP contribution in [0.4, 0.5) is 4.79 Å². The lowest BCUT2D eigenvalue weighted by Gasteiger charge is -2.48. The highest BCUT2D eigenvalue weighted by Crippen LogP contribution is 2.47. The van der Waals surface area contributed by atoms with Gasteiger partial charge < -0.3 is 14.4 Å². The van der Waals surface area contributed by atoms with Crippen LogP contribution in [0.2, 0.25) is 0 Å². The van der Waals surface area contributed by atoms with Gasteiger partial charge in [0.2, 0.25) is 0 Å². The largest absolute Gasteiger partial charge is 0.466 e. The molecule has 2 aliphatic rings. The number of methoxy groups -OCH3 is 1. The molecular weight excluding hydrogens is 246 g/mol. The van der Waals surface area contributed by atoms with Gasteiger partial charge >= 0.3 is 12.1 Å². The van der Waals surface area contributed by atoms with Crippen molar-refractivity contribution >= 4 is 12.1 Å². The van der Waals surface area contributed by atoms with E-state index in [-0.39, 0.29) is 17.5 Å². The number of nitrogens with zero attached hydrogens (tertiary/aromatic N) is 1. The van der Waals surface area contributed by atoms with Crippen molar-refractivity contribution in [1.82, 2.24) is 4.90 Å². The maximum Gasteiger partial charge on any atom is 0.410 e. The molecule has 19 heavy (non-hydrogen) atoms. The first-order valence-corrected chi connectivity index (χ1v) is 6.54. The monoisotopic (exact) mass is 267 g/mol. The molecule has 1 aliphatic carbocycles. The Hall–Kier alpha value is -1.52. The Balaban J connectivity index is 1.97. The average molecular weight is 267 g/mol. The Morgan fingerprint density at radius 2 is 1.95 bits per heavy atom. The summed E-state index contributed by atoms with van der Waals surface area (Å²) in [6, 6.07) is 0. The van der Waals surface area contributed by atoms with Crippen molar-refractivity contribution in [3.05, 3.63) is 11.6 Å². The molecule has 106 valence electrons. The smallest absolute Gasteiger partial charge is 0.410 e. The van der Waals surface area contributed by atoms with E-state index < -0.39 is 5.60 Å². The SMILES string of the molecule is COC(=O)C1=CCCC12CN(C(=O)OC(C)(C)C)C2. The predicted molar refractivity (Wildman–Crippen MR) is 69.6 cm³/mol. The van der Waals surface area contributed by atoms with Crippen LogP contribution in [0.1, 0.15) is 33.6 Å². The zero-order chi connectivity index (χ0) is 14.3. The zero-order valence-electron chi connectivity index (χ0n) is 12.0. The molecule has 1 saturated heterocycles. The molecule has 1 spiro atoms. The summed E-state index contributed by atoms with van der Waals surface area (Å²) >= 11 is 0. The second-order valence-corrected chi connectivity index (χ2v) is 6.26. The second kappa shape index (κ2) is 4.54. The van der Waals surface area contributed by atoms with Crippen LogP contribution >= 0.6 is 0 Å². The minimum absolute atomic E-state index is 0.204. The van der Waals surface area contributed by atoms with Gasteiger partial charge in [0.1, 0.15) is 5.60 Å². The van der Waals surface area contributed by atoms with Gasteiger partial charge in [-0.05, 0) is 33.6 Å². The molecule has 0 aromatic heterocycles. The van der Waals surface area contributed by atoms with E-state index in [0.29, 0.717) is 13.1 Å². The van der Waals surface area contributed by atoms with Crippen molar-refractivity contribution in [2.75, 3.05) is 20.2 Å². The van der Waals surface area contributed by atoms with E-state index in [1.54, 1.807) is 4.90 Å². The molecule has 5 heteroatoms. The van der Waals surface area contributed by atoms with Gasteiger partial charge in [-0.3, -0.25) is 0 Å². The number of esters is 1. The number of allylic oxidation sites excluding steroid dienone is 1. The molecule has 0 N–H and O–H groups in total. The van der Waals surface area contributed by atoms with Crippen molar-refractivity contribution in [2.24, 2.45) is 5.41 Å². The highest BCUT2D eigenvalue weighted by atomic mass is 16.6. The van der Waals surface area contributed by atoms with E-state index in [2.05, 4.69) is 0 Å². The minimum Gasteiger partial charge on any atom is -0.466 e. The molecule has 1 heterocycles. The van der Waals surface area contributed by atoms with Crippen LogP contribution in [0.15, 0.2) is 11.6 Å². The Bertz CT molecular complexity index is 427. The van der Waals surface area contributed by atoms with Gasteiger partial charge in [0.25, 0.3) is 0 Å². The third kappa shape index (κ3) is 2.60. The molecule has 0 atom stereocenters. The molecule has 1 fully saturated rings. The first-order chi connectivity index (χ1) is 8.77. The highest BCUT2D eigenvalue weighted by Gasteiger charge is 2.52. The molecule has 2 rings (SSSR count). The first-order valence-electron chi connectivity index (χ1n) is 6.54. The van der Waals surface area contributed by atoms with Crippen molar-refractivity contribution in [3.8, 4) is 0 Å². The van der Waals surface area contributed by atoms with E-state index in [0.717, 1.165) is 18.4 Å². The van der Waals surface area contributed by atoms with Gasteiger partial charge in [0.05, 0.1) is 7.11 Å². The van der Waals surface area contributed by atoms with Crippen molar-refractivity contribution in [1.29, 1.82) is 0 Å². The standard InChI is InChI=1S/C14H21NO4/c1-13(2,3)19-12(17)15-8-14(9-15)7-5-6-10(14)11(16)18-4/h6H,5,7-9H2,1-4H3. The van der Waals surface area contributed by atoms with Crippen LogP contribution in [0.3, 0.4) is 0 Å². The Kier molecular flexibility index (Phi) is 3.32. The Labute approximate surface area is 113 Å². The molecule has 0 radical (unpaired) electrons. The molecule has 1 aliphatic heterocycles. The fraction of sp³-hybridized carbons (Fsp3) is 0.714. The van der Waals surface area contributed by atoms with Crippen LogP contribution < -0.4 is 0 Å². The fourth-order valence-electron chi connectivity index (χ4n) is 2.72. The normalized spacial score (nSPS) is 20.8. The lowest BCUT2D eigenvalue weighted by Crippen LogP contribution is -2.60. The number of hydrogen-bond donors (Lipinski definition) is 0. The molecule has 0 bridgehead atoms. The van der Waals surface area contributed by atoms with Gasteiger partial charge in [-0.1, -0.05) is 6.08 Å². The lowest BCUT2D eigenvalue weighted by molar-refractivity contribution is -0.138. The maximum absolute atomic E-state index is 11.9. The summed E-state index contributed by atoms with van der Waals surface area (Å²) in [6.45, 7) is 6.62. The number of likely N-dealkylation sites (tertiary alicyclic amines) is 1. The number of carbonyl (C=O) groups excluding carboxylic acids is 2. The van der Waals surface area contributed by atoms with Crippen LogP contribution in [-0.2, 0) is 14.3 Å². The zero-order valence-corrected chi connectivity index (χ0v) is 12.0. The number of ether oxygens (including phenoxy) is 2. The lowest BCUT2D eigenvalue weighted by atomic mass is 9.74. The number of amides is 1. The van der Waals surface area contributed by atoms with E-state index in [4.69, 9.17) is 9.47 Å². The molecule has 5 nitrogen and oxygen atoms in total. The van der Waals surface area contributed by atoms with Crippen molar-refractivity contribution in [2.45, 2.75) is 39.2 Å². The quantitative estimate of drug-likeness (QED) is 0.683. The molecule has 1 amide bonds. The van der Waals surface area contributed by atoms with Gasteiger partial charge in [0.15, 0.2) is 0 Å². The van der Waals surface area contributed by atoms with Gasteiger partial charge in [-0.25, -0.2) is 9.59 Å². The Morgan fingerprint density at radius 1 is 1.32 bits per heavy atom. The minimum atomic E-state index is -0.490. The highest BCUT2D eigenvalue weighted by molar-refractivity contribution is 5.91. The summed E-state index contributed by atoms with van der Waals surface area (Å²) in [7, 11) is 1.39. The molecule has 0 unspecified atom stereocenters. The van der Waals surface area contributed by atoms with Crippen LogP contribution in [0.5, 0.6) is 0 Å². The number of rotatable bonds is 1. The van der Waals surface area contributed by atoms with E-state index in [1.165, 1.54) is 7.11 Å². The molecular formula is C14H21NO4. The predicted octanol–water partition coefficient (Wildman–Crippen LogP) is 2.12. The van der Waals surface area contributed by atoms with Crippen LogP contribution in [-0.4, -0.2) is 42.8 Å². The third-order valence-electron chi connectivity index (χ3n) is 3.59. The molecule has 0 saturated carbocycles. The maximum atomic E-state index is 11.9. The Morgan fingerprint density at radius 3 is 2.47 bits per heavy atom. The van der Waals surface area contributed by atoms with Crippen molar-refractivity contribution < 1.29 is 19.1 Å². The van der Waals surface area contributed by atoms with Gasteiger partial charge in [0, 0.05) is 24.1 Å². The van der Waals surface area contributed by atoms with E-state index >= 15 is 0 Å². The third-order valence-corrected chi connectivity index (χ3v) is 3.59. The van der Waals surface area contributed by atoms with Crippen LogP contribution in [0.25, 0.3) is 0 Å². The first kappa shape index (κ1) is 13.9. The topological polar surface area (TPSA) is 55.8 Å². The molecule has 0 aromatic rings. The molecule has 0 aromatic carbocycles. The summed E-state index contributed by atoms with van der Waals surface area (Å²) in [6.07, 6.45) is 3.39. The number of hydrogen-bond acceptors (Lipinski definition) is 4. The van der Waals surface area contributed by atoms with Crippen molar-refractivity contribution in [3.63, 3.8) is 0 Å². The van der Waals surface area contributed by atoms with Gasteiger partial charge in [-0.15, -0.1) is 0 Å². The second-order valence-electron chi connectivity index (χ2n) is 6.26. The number of carbonyl (C=O) groups is 2. The fourth-order valence-corrected chi connectivity index (χ4v) is 2.72. The van der Waals surface area contributed by atoms with E-state index in [9.17, 15) is 9.59 Å². The summed E-state index contributed by atoms with van der Waals surface area (Å²) in [5.74, 6) is -0.277. The average Bonchev–Trinajstić information content (AvgIpc) is 2.67.